The van der Waals surface area contributed by atoms with Crippen LogP contribution in [0.25, 0.3) is 0 Å². The molecule has 0 heterocycles. The summed E-state index contributed by atoms with van der Waals surface area (Å²) in [7, 11) is 5.61. The average molecular weight is 279 g/mol. The summed E-state index contributed by atoms with van der Waals surface area (Å²) in [6, 6.07) is 5.83. The Hall–Kier alpha value is -1.59. The van der Waals surface area contributed by atoms with Crippen molar-refractivity contribution in [3.05, 3.63) is 23.8 Å². The molecule has 1 aromatic rings. The van der Waals surface area contributed by atoms with Crippen LogP contribution in [0.1, 0.15) is 18.9 Å². The zero-order valence-corrected chi connectivity index (χ0v) is 12.8. The summed E-state index contributed by atoms with van der Waals surface area (Å²) in [6.45, 7) is 3.19. The van der Waals surface area contributed by atoms with Gasteiger partial charge in [0.05, 0.1) is 12.8 Å². The van der Waals surface area contributed by atoms with Crippen LogP contribution in [0.5, 0.6) is 5.75 Å². The van der Waals surface area contributed by atoms with Gasteiger partial charge < -0.3 is 20.7 Å². The second-order valence-corrected chi connectivity index (χ2v) is 5.24. The van der Waals surface area contributed by atoms with Gasteiger partial charge in [0.15, 0.2) is 0 Å². The van der Waals surface area contributed by atoms with Crippen molar-refractivity contribution in [2.45, 2.75) is 19.9 Å². The standard InChI is InChI=1S/C15H25N3O2/c1-11(7-8-16)15(19)17-13-9-12(10-18(2)3)5-6-14(13)20-4/h5-6,9,11H,7-8,10,16H2,1-4H3,(H,17,19). The van der Waals surface area contributed by atoms with E-state index in [0.717, 1.165) is 12.1 Å². The molecule has 0 aliphatic heterocycles. The minimum atomic E-state index is -0.109. The smallest absolute Gasteiger partial charge is 0.227 e. The Morgan fingerprint density at radius 1 is 1.45 bits per heavy atom. The number of nitrogens with one attached hydrogen (secondary N) is 1. The van der Waals surface area contributed by atoms with Crippen LogP contribution >= 0.6 is 0 Å². The predicted octanol–water partition coefficient (Wildman–Crippen LogP) is 1.68. The molecule has 1 amide bonds. The Morgan fingerprint density at radius 3 is 2.70 bits per heavy atom. The highest BCUT2D eigenvalue weighted by Crippen LogP contribution is 2.26. The van der Waals surface area contributed by atoms with Gasteiger partial charge >= 0.3 is 0 Å². The maximum atomic E-state index is 12.1. The second-order valence-electron chi connectivity index (χ2n) is 5.24. The number of nitrogens with zero attached hydrogens (tertiary/aromatic N) is 1. The third kappa shape index (κ3) is 4.83. The summed E-state index contributed by atoms with van der Waals surface area (Å²) >= 11 is 0. The zero-order valence-electron chi connectivity index (χ0n) is 12.8. The first kappa shape index (κ1) is 16.5. The van der Waals surface area contributed by atoms with Gasteiger partial charge in [0, 0.05) is 12.5 Å². The van der Waals surface area contributed by atoms with Crippen LogP contribution in [0.3, 0.4) is 0 Å². The molecular weight excluding hydrogens is 254 g/mol. The predicted molar refractivity (Wildman–Crippen MR) is 81.9 cm³/mol. The summed E-state index contributed by atoms with van der Waals surface area (Å²) in [5, 5.41) is 2.92. The molecule has 112 valence electrons. The van der Waals surface area contributed by atoms with Gasteiger partial charge in [-0.15, -0.1) is 0 Å². The van der Waals surface area contributed by atoms with Crippen LogP contribution < -0.4 is 15.8 Å². The van der Waals surface area contributed by atoms with Crippen LogP contribution in [-0.4, -0.2) is 38.6 Å². The van der Waals surface area contributed by atoms with E-state index in [2.05, 4.69) is 10.2 Å². The van der Waals surface area contributed by atoms with Crippen LogP contribution in [0, 0.1) is 5.92 Å². The molecule has 5 nitrogen and oxygen atoms in total. The second kappa shape index (κ2) is 7.87. The number of hydrogen-bond donors (Lipinski definition) is 2. The van der Waals surface area contributed by atoms with Crippen molar-refractivity contribution in [1.29, 1.82) is 0 Å². The van der Waals surface area contributed by atoms with Crippen LogP contribution in [-0.2, 0) is 11.3 Å². The Morgan fingerprint density at radius 2 is 2.15 bits per heavy atom. The van der Waals surface area contributed by atoms with Crippen LogP contribution in [0.4, 0.5) is 5.69 Å². The fourth-order valence-electron chi connectivity index (χ4n) is 1.95. The molecule has 0 saturated carbocycles. The highest BCUT2D eigenvalue weighted by Gasteiger charge is 2.14. The molecule has 1 rings (SSSR count). The van der Waals surface area contributed by atoms with Gasteiger partial charge in [-0.25, -0.2) is 0 Å². The largest absolute Gasteiger partial charge is 0.495 e. The summed E-state index contributed by atoms with van der Waals surface area (Å²) in [4.78, 5) is 14.1. The number of rotatable bonds is 7. The summed E-state index contributed by atoms with van der Waals surface area (Å²) in [6.07, 6.45) is 0.672. The molecule has 0 radical (unpaired) electrons. The Bertz CT molecular complexity index is 447. The first-order valence-corrected chi connectivity index (χ1v) is 6.80. The molecule has 0 aliphatic carbocycles. The lowest BCUT2D eigenvalue weighted by atomic mass is 10.1. The molecule has 3 N–H and O–H groups in total. The van der Waals surface area contributed by atoms with Gasteiger partial charge in [0.25, 0.3) is 0 Å². The molecule has 0 fully saturated rings. The first-order valence-electron chi connectivity index (χ1n) is 6.80. The quantitative estimate of drug-likeness (QED) is 0.797. The number of nitrogens with two attached hydrogens (primary N) is 1. The van der Waals surface area contributed by atoms with Gasteiger partial charge in [-0.3, -0.25) is 4.79 Å². The van der Waals surface area contributed by atoms with E-state index < -0.39 is 0 Å². The zero-order chi connectivity index (χ0) is 15.1. The van der Waals surface area contributed by atoms with E-state index in [9.17, 15) is 4.79 Å². The van der Waals surface area contributed by atoms with Crippen molar-refractivity contribution in [1.82, 2.24) is 4.90 Å². The van der Waals surface area contributed by atoms with E-state index in [4.69, 9.17) is 10.5 Å². The molecule has 0 aromatic heterocycles. The number of carbonyl (C=O) groups is 1. The van der Waals surface area contributed by atoms with Crippen molar-refractivity contribution in [2.75, 3.05) is 33.1 Å². The number of anilines is 1. The van der Waals surface area contributed by atoms with E-state index in [-0.39, 0.29) is 11.8 Å². The lowest BCUT2D eigenvalue weighted by molar-refractivity contribution is -0.119. The average Bonchev–Trinajstić information content (AvgIpc) is 2.38. The van der Waals surface area contributed by atoms with E-state index in [1.54, 1.807) is 7.11 Å². The summed E-state index contributed by atoms with van der Waals surface area (Å²) in [5.74, 6) is 0.527. The van der Waals surface area contributed by atoms with Crippen LogP contribution in [0.15, 0.2) is 18.2 Å². The maximum Gasteiger partial charge on any atom is 0.227 e. The van der Waals surface area contributed by atoms with Gasteiger partial charge in [-0.05, 0) is 44.8 Å². The Labute approximate surface area is 121 Å². The van der Waals surface area contributed by atoms with Crippen molar-refractivity contribution in [3.8, 4) is 5.75 Å². The fourth-order valence-corrected chi connectivity index (χ4v) is 1.95. The van der Waals surface area contributed by atoms with E-state index in [1.807, 2.05) is 39.2 Å². The fraction of sp³-hybridized carbons (Fsp3) is 0.533. The molecule has 0 spiro atoms. The number of carbonyl (C=O) groups excluding carboxylic acids is 1. The first-order chi connectivity index (χ1) is 9.47. The topological polar surface area (TPSA) is 67.6 Å². The van der Waals surface area contributed by atoms with E-state index in [0.29, 0.717) is 24.4 Å². The van der Waals surface area contributed by atoms with Crippen molar-refractivity contribution < 1.29 is 9.53 Å². The molecule has 1 aromatic carbocycles. The minimum absolute atomic E-state index is 0.0317. The third-order valence-corrected chi connectivity index (χ3v) is 3.07. The van der Waals surface area contributed by atoms with Crippen molar-refractivity contribution in [3.63, 3.8) is 0 Å². The van der Waals surface area contributed by atoms with Crippen molar-refractivity contribution in [2.24, 2.45) is 11.7 Å². The van der Waals surface area contributed by atoms with Crippen molar-refractivity contribution >= 4 is 11.6 Å². The minimum Gasteiger partial charge on any atom is -0.495 e. The molecule has 0 aliphatic rings. The molecule has 5 heteroatoms. The van der Waals surface area contributed by atoms with Gasteiger partial charge in [0.2, 0.25) is 5.91 Å². The highest BCUT2D eigenvalue weighted by atomic mass is 16.5. The third-order valence-electron chi connectivity index (χ3n) is 3.07. The molecule has 1 atom stereocenters. The molecule has 0 bridgehead atoms. The summed E-state index contributed by atoms with van der Waals surface area (Å²) < 4.78 is 5.29. The number of hydrogen-bond acceptors (Lipinski definition) is 4. The number of amides is 1. The molecule has 1 unspecified atom stereocenters. The van der Waals surface area contributed by atoms with E-state index >= 15 is 0 Å². The maximum absolute atomic E-state index is 12.1. The van der Waals surface area contributed by atoms with Gasteiger partial charge in [0.1, 0.15) is 5.75 Å². The Balaban J connectivity index is 2.88. The van der Waals surface area contributed by atoms with Gasteiger partial charge in [-0.2, -0.15) is 0 Å². The summed E-state index contributed by atoms with van der Waals surface area (Å²) in [5.41, 5.74) is 7.32. The lowest BCUT2D eigenvalue weighted by Gasteiger charge is -2.16. The number of benzene rings is 1. The molecular formula is C15H25N3O2. The van der Waals surface area contributed by atoms with Gasteiger partial charge in [-0.1, -0.05) is 13.0 Å². The highest BCUT2D eigenvalue weighted by molar-refractivity contribution is 5.93. The Kier molecular flexibility index (Phi) is 6.48. The molecule has 0 saturated heterocycles. The van der Waals surface area contributed by atoms with E-state index in [1.165, 1.54) is 0 Å². The number of methoxy groups -OCH3 is 1. The van der Waals surface area contributed by atoms with Crippen LogP contribution in [0.2, 0.25) is 0 Å². The SMILES string of the molecule is COc1ccc(CN(C)C)cc1NC(=O)C(C)CCN. The lowest BCUT2D eigenvalue weighted by Crippen LogP contribution is -2.23. The monoisotopic (exact) mass is 279 g/mol. The molecule has 20 heavy (non-hydrogen) atoms. The normalized spacial score (nSPS) is 12.3. The number of ether oxygens (including phenoxy) is 1.